The van der Waals surface area contributed by atoms with E-state index in [1.165, 1.54) is 81.8 Å². The first kappa shape index (κ1) is 85.3. The van der Waals surface area contributed by atoms with Gasteiger partial charge in [0.05, 0.1) is 108 Å². The van der Waals surface area contributed by atoms with Gasteiger partial charge in [-0.3, -0.25) is 39.0 Å². The van der Waals surface area contributed by atoms with Gasteiger partial charge in [0.2, 0.25) is 35.8 Å². The number of aliphatic hydroxyl groups is 5. The highest BCUT2D eigenvalue weighted by atomic mass is 127. The zero-order valence-corrected chi connectivity index (χ0v) is 66.4. The SMILES string of the molecule is CCN(C(=O)OCOC(=O)C1CCC(CN2C(=O)CC(S)C2=O)CC1)[C@H]1CO[C@@H](O[C@H]2C(O[C@H]3C#C/C=C\C#C[C@@]4(O)CC(=O)C(NC(=O)OC)=C3/C4=C\CSSSC)O[C@H](C)[C@@H](NO[C@H]3C[C@H](O)[C@H](SC(=O)c4c(C)c(I)c(O[C@@H]5O[C@@H](C)[C@H](O)[C@@H](OC)[C@H]5O)c(OC)c4OC)[C@@H](C)O3)[C@@H]2O)C[C@@H]1OC. The fraction of sp³-hybridized carbons (Fsp3) is 0.667. The van der Waals surface area contributed by atoms with Crippen LogP contribution >= 0.6 is 78.4 Å². The van der Waals surface area contributed by atoms with Crippen molar-refractivity contribution in [3.8, 4) is 40.9 Å². The number of methoxy groups -OCH3 is 5. The van der Waals surface area contributed by atoms with Crippen LogP contribution in [0.4, 0.5) is 9.59 Å². The highest BCUT2D eigenvalue weighted by molar-refractivity contribution is 14.1. The molecule has 1 aromatic rings. The number of alkyl carbamates (subject to hydrolysis) is 1. The number of Topliss-reactive ketones (excluding diaryl/α,β-unsaturated/α-hetero) is 1. The van der Waals surface area contributed by atoms with E-state index in [1.807, 2.05) is 28.8 Å². The number of carbonyl (C=O) groups is 7. The lowest BCUT2D eigenvalue weighted by molar-refractivity contribution is -0.337. The molecule has 3 aliphatic carbocycles. The van der Waals surface area contributed by atoms with Gasteiger partial charge in [0, 0.05) is 63.5 Å². The molecule has 5 heterocycles. The van der Waals surface area contributed by atoms with Crippen molar-refractivity contribution >= 4 is 119 Å². The number of allylic oxidation sites excluding steroid dienone is 3. The molecule has 4 amide bonds. The van der Waals surface area contributed by atoms with Gasteiger partial charge in [-0.1, -0.05) is 63.1 Å². The number of aliphatic hydroxyl groups excluding tert-OH is 4. The van der Waals surface area contributed by atoms with Gasteiger partial charge in [-0.25, -0.2) is 9.59 Å². The molecule has 2 bridgehead atoms. The second-order valence-corrected chi connectivity index (χ2v) is 33.3. The molecular weight excluding hydrogens is 1600 g/mol. The van der Waals surface area contributed by atoms with Gasteiger partial charge in [0.25, 0.3) is 0 Å². The number of fused-ring (bicyclic) bond motifs is 2. The molecule has 106 heavy (non-hydrogen) atoms. The molecule has 586 valence electrons. The molecule has 1 saturated carbocycles. The lowest BCUT2D eigenvalue weighted by atomic mass is 9.75. The van der Waals surface area contributed by atoms with Gasteiger partial charge < -0.3 is 96.7 Å². The first-order valence-electron chi connectivity index (χ1n) is 34.2. The third-order valence-electron chi connectivity index (χ3n) is 19.5. The number of likely N-dealkylation sites (tertiary alicyclic amines) is 1. The average molecular weight is 1700 g/mol. The maximum atomic E-state index is 14.6. The number of nitrogens with one attached hydrogen (secondary N) is 2. The molecule has 2 unspecified atom stereocenters. The third kappa shape index (κ3) is 19.8. The van der Waals surface area contributed by atoms with E-state index in [0.29, 0.717) is 34.8 Å². The van der Waals surface area contributed by atoms with Crippen molar-refractivity contribution in [3.63, 3.8) is 0 Å². The molecule has 5 aliphatic heterocycles. The molecule has 1 aromatic carbocycles. The molecule has 0 radical (unpaired) electrons. The molecule has 9 rings (SSSR count). The fourth-order valence-electron chi connectivity index (χ4n) is 13.8. The van der Waals surface area contributed by atoms with Crippen LogP contribution < -0.4 is 25.0 Å². The number of benzene rings is 1. The number of thioether (sulfide) groups is 1. The third-order valence-corrected chi connectivity index (χ3v) is 26.3. The van der Waals surface area contributed by atoms with Crippen LogP contribution in [0.25, 0.3) is 0 Å². The number of ketones is 1. The summed E-state index contributed by atoms with van der Waals surface area (Å²) in [5, 5.41) is 59.3. The minimum absolute atomic E-state index is 0.00123. The number of nitrogens with zero attached hydrogens (tertiary/aromatic N) is 2. The quantitative estimate of drug-likeness (QED) is 0.00696. The van der Waals surface area contributed by atoms with Crippen molar-refractivity contribution in [2.24, 2.45) is 11.8 Å². The minimum atomic E-state index is -2.14. The van der Waals surface area contributed by atoms with Crippen LogP contribution in [0.2, 0.25) is 0 Å². The molecule has 31 nitrogen and oxygen atoms in total. The van der Waals surface area contributed by atoms with Crippen LogP contribution in [-0.4, -0.2) is 271 Å². The standard InChI is InChI=1S/C69H91IN4O27S5/c1-12-73(68(85)94-31-93-63(82)37-20-18-36(19-21-37)29-74-45(77)27-44(102)62(74)81)39-30-92-46(26-43(39)87-6)99-59-54(79)51(33(3)96-66(59)98-42-17-15-13-14-16-23-69(86)28-41(76)52(71-67(84)91-10)49(42)38(69)22-24-104-106-103-11)72-101-47-25-40(75)61(35(5)95-47)105-64(83)48-32(2)50(70)57(60(90-9)56(48)88-7)100-65-55(80)58(89-8)53(78)34(4)97-65/h13-14,22,33-37,39-40,42-44,46-47,51,53-55,58-59,61,65-66,72,75,78-80,86,102H,12,18-21,24-31H2,1-11H3,(H,71,84)/b14-13-,38-22+/t33-,34+,35-,36?,37?,39+,40+,42+,43+,44?,46+,47+,51-,53+,54+,55-,58-,59-,61-,65+,66?,69-/m1/s1. The van der Waals surface area contributed by atoms with Crippen LogP contribution in [0.15, 0.2) is 35.1 Å². The Kier molecular flexibility index (Phi) is 31.4. The summed E-state index contributed by atoms with van der Waals surface area (Å²) in [5.74, 6) is 9.39. The van der Waals surface area contributed by atoms with Crippen molar-refractivity contribution < 1.29 is 130 Å². The number of esters is 1. The van der Waals surface area contributed by atoms with E-state index in [-0.39, 0.29) is 102 Å². The Balaban J connectivity index is 0.916. The summed E-state index contributed by atoms with van der Waals surface area (Å²) in [7, 11) is 10.9. The molecule has 0 aromatic heterocycles. The summed E-state index contributed by atoms with van der Waals surface area (Å²) in [4.78, 5) is 103. The second-order valence-electron chi connectivity index (χ2n) is 26.0. The zero-order chi connectivity index (χ0) is 77.0. The van der Waals surface area contributed by atoms with Crippen LogP contribution in [0.1, 0.15) is 95.0 Å². The lowest BCUT2D eigenvalue weighted by Crippen LogP contribution is -2.65. The number of hydroxylamine groups is 1. The van der Waals surface area contributed by atoms with E-state index in [9.17, 15) is 59.1 Å². The van der Waals surface area contributed by atoms with Crippen molar-refractivity contribution in [2.45, 2.75) is 206 Å². The minimum Gasteiger partial charge on any atom is -0.492 e. The average Bonchev–Trinajstić information content (AvgIpc) is 0.807. The molecule has 20 atom stereocenters. The first-order valence-corrected chi connectivity index (χ1v) is 40.8. The van der Waals surface area contributed by atoms with Crippen molar-refractivity contribution in [1.82, 2.24) is 20.6 Å². The highest BCUT2D eigenvalue weighted by Crippen LogP contribution is 2.49. The number of ether oxygens (including phenoxy) is 14. The predicted octanol–water partition coefficient (Wildman–Crippen LogP) is 4.41. The van der Waals surface area contributed by atoms with Gasteiger partial charge in [-0.05, 0) is 123 Å². The molecule has 6 fully saturated rings. The molecule has 0 spiro atoms. The summed E-state index contributed by atoms with van der Waals surface area (Å²) in [6.07, 6.45) is -13.2. The molecule has 5 saturated heterocycles. The molecule has 37 heteroatoms. The van der Waals surface area contributed by atoms with Gasteiger partial charge in [-0.15, -0.1) is 0 Å². The van der Waals surface area contributed by atoms with E-state index in [0.717, 1.165) is 18.9 Å². The number of halogens is 1. The van der Waals surface area contributed by atoms with Gasteiger partial charge in [0.15, 0.2) is 41.8 Å². The number of rotatable bonds is 27. The first-order chi connectivity index (χ1) is 50.6. The Morgan fingerprint density at radius 1 is 0.858 bits per heavy atom. The monoisotopic (exact) mass is 1690 g/mol. The smallest absolute Gasteiger partial charge is 0.413 e. The Morgan fingerprint density at radius 2 is 1.58 bits per heavy atom. The summed E-state index contributed by atoms with van der Waals surface area (Å²) >= 11 is 6.98. The summed E-state index contributed by atoms with van der Waals surface area (Å²) in [5.41, 5.74) is 0.886. The molecule has 7 N–H and O–H groups in total. The van der Waals surface area contributed by atoms with Crippen LogP contribution in [-0.2, 0) is 76.1 Å². The largest absolute Gasteiger partial charge is 0.492 e. The summed E-state index contributed by atoms with van der Waals surface area (Å²) in [6.45, 7) is 7.61. The molecule has 8 aliphatic rings. The van der Waals surface area contributed by atoms with Crippen molar-refractivity contribution in [2.75, 3.05) is 74.0 Å². The van der Waals surface area contributed by atoms with Crippen LogP contribution in [0.5, 0.6) is 17.2 Å². The maximum Gasteiger partial charge on any atom is 0.413 e. The van der Waals surface area contributed by atoms with E-state index < -0.39 is 169 Å². The Hall–Kier alpha value is -4.67. The summed E-state index contributed by atoms with van der Waals surface area (Å²) < 4.78 is 84.1. The van der Waals surface area contributed by atoms with E-state index in [2.05, 4.69) is 47.1 Å². The van der Waals surface area contributed by atoms with Crippen molar-refractivity contribution in [3.05, 3.63) is 49.8 Å². The second kappa shape index (κ2) is 39.0. The topological polar surface area (TPSA) is 390 Å². The lowest BCUT2D eigenvalue weighted by Gasteiger charge is -2.47. The van der Waals surface area contributed by atoms with Gasteiger partial charge in [-0.2, -0.15) is 18.1 Å². The Bertz CT molecular complexity index is 3570. The van der Waals surface area contributed by atoms with Crippen LogP contribution in [0.3, 0.4) is 0 Å². The fourth-order valence-corrected chi connectivity index (χ4v) is 18.3. The van der Waals surface area contributed by atoms with E-state index >= 15 is 0 Å². The van der Waals surface area contributed by atoms with Gasteiger partial charge in [0.1, 0.15) is 36.6 Å². The Labute approximate surface area is 648 Å². The zero-order valence-electron chi connectivity index (χ0n) is 60.1. The number of imide groups is 1. The summed E-state index contributed by atoms with van der Waals surface area (Å²) in [6, 6.07) is -2.04. The highest BCUT2D eigenvalue weighted by Gasteiger charge is 2.53. The van der Waals surface area contributed by atoms with Crippen molar-refractivity contribution in [1.29, 1.82) is 0 Å². The Morgan fingerprint density at radius 3 is 2.23 bits per heavy atom. The van der Waals surface area contributed by atoms with E-state index in [1.54, 1.807) is 40.7 Å². The maximum absolute atomic E-state index is 14.6. The number of hydrogen-bond acceptors (Lipinski definition) is 33. The van der Waals surface area contributed by atoms with Gasteiger partial charge >= 0.3 is 18.2 Å². The number of thiol groups is 1. The number of amides is 4. The predicted molar refractivity (Wildman–Crippen MR) is 395 cm³/mol. The number of hydrogen-bond donors (Lipinski definition) is 8. The molecular formula is C69H91IN4O27S5. The normalized spacial score (nSPS) is 34.5. The number of likely N-dealkylation sites (N-methyl/N-ethyl adjacent to an activating group) is 1. The number of carbonyl (C=O) groups excluding carboxylic acids is 7. The van der Waals surface area contributed by atoms with E-state index in [4.69, 9.17) is 71.2 Å². The van der Waals surface area contributed by atoms with Crippen LogP contribution in [0, 0.1) is 46.0 Å².